The lowest BCUT2D eigenvalue weighted by Crippen LogP contribution is -2.46. The van der Waals surface area contributed by atoms with Gasteiger partial charge in [-0.1, -0.05) is 73.4 Å². The molecule has 34 heavy (non-hydrogen) atoms. The monoisotopic (exact) mass is 501 g/mol. The van der Waals surface area contributed by atoms with Crippen LogP contribution in [0.25, 0.3) is 0 Å². The van der Waals surface area contributed by atoms with Crippen molar-refractivity contribution in [2.75, 3.05) is 25.0 Å². The maximum atomic E-state index is 13.4. The summed E-state index contributed by atoms with van der Waals surface area (Å²) in [6.45, 7) is 5.12. The highest BCUT2D eigenvalue weighted by Crippen LogP contribution is 2.30. The molecular weight excluding hydrogens is 473 g/mol. The molecule has 3 amide bonds. The highest BCUT2D eigenvalue weighted by atomic mass is 35.5. The maximum absolute atomic E-state index is 13.4. The van der Waals surface area contributed by atoms with Gasteiger partial charge < -0.3 is 19.5 Å². The molecule has 0 saturated heterocycles. The number of hydrogen-bond acceptors (Lipinski definition) is 3. The molecule has 1 heterocycles. The Bertz CT molecular complexity index is 1050. The lowest BCUT2D eigenvalue weighted by molar-refractivity contribution is -0.132. The Morgan fingerprint density at radius 1 is 0.941 bits per heavy atom. The number of carbonyl (C=O) groups is 2. The van der Waals surface area contributed by atoms with E-state index < -0.39 is 6.03 Å². The molecule has 180 valence electrons. The molecule has 6 nitrogen and oxygen atoms in total. The van der Waals surface area contributed by atoms with Crippen molar-refractivity contribution in [1.82, 2.24) is 9.80 Å². The quantitative estimate of drug-likeness (QED) is 0.352. The molecule has 0 aliphatic heterocycles. The van der Waals surface area contributed by atoms with Crippen molar-refractivity contribution in [2.45, 2.75) is 26.8 Å². The first-order valence-corrected chi connectivity index (χ1v) is 11.9. The Morgan fingerprint density at radius 2 is 1.65 bits per heavy atom. The Balaban J connectivity index is 1.74. The molecule has 0 unspecified atom stereocenters. The topological polar surface area (TPSA) is 65.8 Å². The van der Waals surface area contributed by atoms with E-state index in [-0.39, 0.29) is 18.4 Å². The van der Waals surface area contributed by atoms with Gasteiger partial charge in [-0.2, -0.15) is 0 Å². The number of furan rings is 1. The van der Waals surface area contributed by atoms with Gasteiger partial charge in [0.2, 0.25) is 5.91 Å². The third kappa shape index (κ3) is 7.54. The smallest absolute Gasteiger partial charge is 0.322 e. The predicted molar refractivity (Wildman–Crippen MR) is 136 cm³/mol. The fourth-order valence-corrected chi connectivity index (χ4v) is 4.01. The fraction of sp³-hybridized carbons (Fsp3) is 0.308. The molecule has 1 aromatic heterocycles. The van der Waals surface area contributed by atoms with Crippen LogP contribution in [0, 0.1) is 5.92 Å². The van der Waals surface area contributed by atoms with Gasteiger partial charge in [-0.15, -0.1) is 0 Å². The number of rotatable bonds is 10. The lowest BCUT2D eigenvalue weighted by atomic mass is 10.1. The number of carbonyl (C=O) groups excluding carboxylic acids is 2. The number of nitrogens with zero attached hydrogens (tertiary/aromatic N) is 2. The maximum Gasteiger partial charge on any atom is 0.322 e. The van der Waals surface area contributed by atoms with Crippen LogP contribution in [0.3, 0.4) is 0 Å². The Labute approximate surface area is 210 Å². The van der Waals surface area contributed by atoms with Gasteiger partial charge in [0.1, 0.15) is 12.3 Å². The van der Waals surface area contributed by atoms with Gasteiger partial charge in [-0.05, 0) is 42.2 Å². The van der Waals surface area contributed by atoms with Crippen molar-refractivity contribution in [3.05, 3.63) is 88.3 Å². The summed E-state index contributed by atoms with van der Waals surface area (Å²) in [5, 5.41) is 3.43. The average Bonchev–Trinajstić information content (AvgIpc) is 3.32. The average molecular weight is 502 g/mol. The number of hydrogen-bond donors (Lipinski definition) is 1. The van der Waals surface area contributed by atoms with Crippen molar-refractivity contribution in [1.29, 1.82) is 0 Å². The van der Waals surface area contributed by atoms with Gasteiger partial charge in [0.15, 0.2) is 0 Å². The molecule has 2 aromatic carbocycles. The van der Waals surface area contributed by atoms with E-state index in [0.29, 0.717) is 47.5 Å². The second-order valence-corrected chi connectivity index (χ2v) is 9.25. The minimum absolute atomic E-state index is 0.0818. The van der Waals surface area contributed by atoms with Crippen molar-refractivity contribution in [3.8, 4) is 0 Å². The number of anilines is 1. The molecule has 3 rings (SSSR count). The van der Waals surface area contributed by atoms with E-state index in [9.17, 15) is 9.59 Å². The summed E-state index contributed by atoms with van der Waals surface area (Å²) < 4.78 is 5.47. The Hall–Kier alpha value is -2.96. The number of amides is 3. The van der Waals surface area contributed by atoms with E-state index >= 15 is 0 Å². The molecule has 0 fully saturated rings. The standard InChI is InChI=1S/C26H29Cl2N3O3/c1-19(2)16-31(26(33)29-25-22(27)11-6-12-23(25)28)18-24(32)30(17-21-10-7-15-34-21)14-13-20-8-4-3-5-9-20/h3-12,15,19H,13-14,16-18H2,1-2H3,(H,29,33). The zero-order chi connectivity index (χ0) is 24.5. The first kappa shape index (κ1) is 25.7. The first-order valence-electron chi connectivity index (χ1n) is 11.2. The normalized spacial score (nSPS) is 10.9. The number of halogens is 2. The highest BCUT2D eigenvalue weighted by Gasteiger charge is 2.24. The summed E-state index contributed by atoms with van der Waals surface area (Å²) in [6.07, 6.45) is 2.28. The Morgan fingerprint density at radius 3 is 2.26 bits per heavy atom. The zero-order valence-electron chi connectivity index (χ0n) is 19.3. The molecule has 0 aliphatic carbocycles. The van der Waals surface area contributed by atoms with Crippen LogP contribution in [-0.4, -0.2) is 41.4 Å². The second kappa shape index (κ2) is 12.5. The van der Waals surface area contributed by atoms with Crippen molar-refractivity contribution in [2.24, 2.45) is 5.92 Å². The summed E-state index contributed by atoms with van der Waals surface area (Å²) in [4.78, 5) is 29.7. The van der Waals surface area contributed by atoms with Crippen LogP contribution < -0.4 is 5.32 Å². The van der Waals surface area contributed by atoms with Crippen molar-refractivity contribution in [3.63, 3.8) is 0 Å². The minimum Gasteiger partial charge on any atom is -0.467 e. The van der Waals surface area contributed by atoms with Crippen LogP contribution >= 0.6 is 23.2 Å². The highest BCUT2D eigenvalue weighted by molar-refractivity contribution is 6.39. The van der Waals surface area contributed by atoms with Gasteiger partial charge in [0.05, 0.1) is 28.5 Å². The van der Waals surface area contributed by atoms with E-state index in [4.69, 9.17) is 27.6 Å². The van der Waals surface area contributed by atoms with Crippen molar-refractivity contribution >= 4 is 40.8 Å². The minimum atomic E-state index is -0.432. The third-order valence-corrected chi connectivity index (χ3v) is 5.82. The number of urea groups is 1. The van der Waals surface area contributed by atoms with Gasteiger partial charge in [-0.25, -0.2) is 4.79 Å². The van der Waals surface area contributed by atoms with Gasteiger partial charge in [0, 0.05) is 13.1 Å². The van der Waals surface area contributed by atoms with Crippen LogP contribution in [0.5, 0.6) is 0 Å². The molecule has 0 atom stereocenters. The first-order chi connectivity index (χ1) is 16.3. The molecule has 8 heteroatoms. The Kier molecular flexibility index (Phi) is 9.42. The molecular formula is C26H29Cl2N3O3. The summed E-state index contributed by atoms with van der Waals surface area (Å²) in [6, 6.07) is 18.2. The summed E-state index contributed by atoms with van der Waals surface area (Å²) in [5.74, 6) is 0.667. The van der Waals surface area contributed by atoms with Crippen LogP contribution in [0.15, 0.2) is 71.3 Å². The fourth-order valence-electron chi connectivity index (χ4n) is 3.52. The molecule has 0 spiro atoms. The summed E-state index contributed by atoms with van der Waals surface area (Å²) in [5.41, 5.74) is 1.46. The summed E-state index contributed by atoms with van der Waals surface area (Å²) in [7, 11) is 0. The molecule has 0 bridgehead atoms. The van der Waals surface area contributed by atoms with Crippen LogP contribution in [0.1, 0.15) is 25.2 Å². The predicted octanol–water partition coefficient (Wildman–Crippen LogP) is 6.35. The van der Waals surface area contributed by atoms with Crippen molar-refractivity contribution < 1.29 is 14.0 Å². The van der Waals surface area contributed by atoms with Crippen LogP contribution in [-0.2, 0) is 17.8 Å². The van der Waals surface area contributed by atoms with Crippen LogP contribution in [0.2, 0.25) is 10.0 Å². The largest absolute Gasteiger partial charge is 0.467 e. The van der Waals surface area contributed by atoms with Crippen LogP contribution in [0.4, 0.5) is 10.5 Å². The number of para-hydroxylation sites is 1. The van der Waals surface area contributed by atoms with E-state index in [2.05, 4.69) is 5.32 Å². The molecule has 1 N–H and O–H groups in total. The van der Waals surface area contributed by atoms with Gasteiger partial charge in [0.25, 0.3) is 0 Å². The van der Waals surface area contributed by atoms with E-state index in [1.165, 1.54) is 4.90 Å². The SMILES string of the molecule is CC(C)CN(CC(=O)N(CCc1ccccc1)Cc1ccco1)C(=O)Nc1c(Cl)cccc1Cl. The zero-order valence-corrected chi connectivity index (χ0v) is 20.9. The molecule has 0 aliphatic rings. The van der Waals surface area contributed by atoms with E-state index in [1.54, 1.807) is 35.4 Å². The third-order valence-electron chi connectivity index (χ3n) is 5.19. The number of benzene rings is 2. The molecule has 0 saturated carbocycles. The lowest BCUT2D eigenvalue weighted by Gasteiger charge is -2.28. The van der Waals surface area contributed by atoms with Gasteiger partial charge in [-0.3, -0.25) is 4.79 Å². The molecule has 0 radical (unpaired) electrons. The van der Waals surface area contributed by atoms with E-state index in [1.807, 2.05) is 50.2 Å². The van der Waals surface area contributed by atoms with E-state index in [0.717, 1.165) is 5.56 Å². The molecule has 3 aromatic rings. The number of nitrogens with one attached hydrogen (secondary N) is 1. The van der Waals surface area contributed by atoms with Gasteiger partial charge >= 0.3 is 6.03 Å². The summed E-state index contributed by atoms with van der Waals surface area (Å²) >= 11 is 12.4. The second-order valence-electron chi connectivity index (χ2n) is 8.43.